The van der Waals surface area contributed by atoms with Crippen molar-refractivity contribution in [2.24, 2.45) is 0 Å². The molecule has 1 rings (SSSR count). The lowest BCUT2D eigenvalue weighted by molar-refractivity contribution is -0.130. The van der Waals surface area contributed by atoms with E-state index in [9.17, 15) is 9.59 Å². The van der Waals surface area contributed by atoms with Gasteiger partial charge in [-0.2, -0.15) is 0 Å². The zero-order valence-corrected chi connectivity index (χ0v) is 12.2. The van der Waals surface area contributed by atoms with Gasteiger partial charge in [-0.1, -0.05) is 5.16 Å². The number of aromatic nitrogens is 1. The Labute approximate surface area is 112 Å². The molecule has 0 aliphatic heterocycles. The van der Waals surface area contributed by atoms with E-state index in [0.717, 1.165) is 0 Å². The lowest BCUT2D eigenvalue weighted by Gasteiger charge is -2.23. The highest BCUT2D eigenvalue weighted by Crippen LogP contribution is 2.14. The van der Waals surface area contributed by atoms with E-state index in [1.165, 1.54) is 6.92 Å². The molecule has 1 unspecified atom stereocenters. The highest BCUT2D eigenvalue weighted by atomic mass is 16.5. The summed E-state index contributed by atoms with van der Waals surface area (Å²) in [6.07, 6.45) is -0.875. The highest BCUT2D eigenvalue weighted by molar-refractivity contribution is 5.93. The number of carbonyl (C=O) groups is 2. The van der Waals surface area contributed by atoms with Crippen molar-refractivity contribution in [3.8, 4) is 0 Å². The number of amides is 1. The zero-order chi connectivity index (χ0) is 14.8. The lowest BCUT2D eigenvalue weighted by Crippen LogP contribution is -2.46. The average molecular weight is 268 g/mol. The number of ether oxygens (including phenoxy) is 1. The molecule has 0 saturated heterocycles. The summed E-state index contributed by atoms with van der Waals surface area (Å²) in [5.41, 5.74) is 0.349. The molecule has 0 spiro atoms. The Bertz CT molecular complexity index is 466. The maximum Gasteiger partial charge on any atom is 0.344 e. The minimum Gasteiger partial charge on any atom is -0.449 e. The molecule has 6 nitrogen and oxygen atoms in total. The first-order valence-corrected chi connectivity index (χ1v) is 6.07. The molecule has 0 aromatic carbocycles. The Morgan fingerprint density at radius 3 is 2.32 bits per heavy atom. The second kappa shape index (κ2) is 5.42. The first-order valence-electron chi connectivity index (χ1n) is 6.07. The fourth-order valence-corrected chi connectivity index (χ4v) is 1.52. The predicted octanol–water partition coefficient (Wildman–Crippen LogP) is 1.75. The van der Waals surface area contributed by atoms with Gasteiger partial charge in [0.25, 0.3) is 5.91 Å². The Balaban J connectivity index is 2.70. The number of nitrogens with zero attached hydrogens (tertiary/aromatic N) is 1. The van der Waals surface area contributed by atoms with E-state index in [4.69, 9.17) is 9.26 Å². The van der Waals surface area contributed by atoms with Gasteiger partial charge < -0.3 is 14.6 Å². The third kappa shape index (κ3) is 4.08. The van der Waals surface area contributed by atoms with Gasteiger partial charge in [0.15, 0.2) is 6.10 Å². The number of nitrogens with one attached hydrogen (secondary N) is 1. The van der Waals surface area contributed by atoms with Crippen LogP contribution in [-0.4, -0.2) is 28.7 Å². The molecular formula is C13H20N2O4. The normalized spacial score (nSPS) is 12.9. The van der Waals surface area contributed by atoms with Crippen LogP contribution in [0.1, 0.15) is 49.5 Å². The van der Waals surface area contributed by atoms with E-state index >= 15 is 0 Å². The van der Waals surface area contributed by atoms with Gasteiger partial charge in [-0.05, 0) is 41.5 Å². The van der Waals surface area contributed by atoms with E-state index < -0.39 is 12.1 Å². The third-order valence-electron chi connectivity index (χ3n) is 2.39. The maximum atomic E-state index is 11.9. The molecule has 1 heterocycles. The SMILES string of the molecule is Cc1noc(C)c1C(=O)OC(C)C(=O)NC(C)(C)C. The van der Waals surface area contributed by atoms with Crippen LogP contribution in [0.3, 0.4) is 0 Å². The second-order valence-corrected chi connectivity index (χ2v) is 5.49. The van der Waals surface area contributed by atoms with Crippen LogP contribution >= 0.6 is 0 Å². The van der Waals surface area contributed by atoms with Crippen LogP contribution < -0.4 is 5.32 Å². The van der Waals surface area contributed by atoms with Crippen LogP contribution in [0.4, 0.5) is 0 Å². The number of hydrogen-bond donors (Lipinski definition) is 1. The minimum absolute atomic E-state index is 0.274. The van der Waals surface area contributed by atoms with Crippen molar-refractivity contribution >= 4 is 11.9 Å². The van der Waals surface area contributed by atoms with Crippen molar-refractivity contribution < 1.29 is 18.8 Å². The van der Waals surface area contributed by atoms with Crippen LogP contribution in [0.15, 0.2) is 4.52 Å². The molecular weight excluding hydrogens is 248 g/mol. The molecule has 106 valence electrons. The number of carbonyl (C=O) groups excluding carboxylic acids is 2. The number of rotatable bonds is 3. The zero-order valence-electron chi connectivity index (χ0n) is 12.2. The summed E-state index contributed by atoms with van der Waals surface area (Å²) in [6.45, 7) is 10.4. The third-order valence-corrected chi connectivity index (χ3v) is 2.39. The molecule has 1 atom stereocenters. The fourth-order valence-electron chi connectivity index (χ4n) is 1.52. The first kappa shape index (κ1) is 15.2. The summed E-state index contributed by atoms with van der Waals surface area (Å²) < 4.78 is 10.0. The summed E-state index contributed by atoms with van der Waals surface area (Å²) >= 11 is 0. The Hall–Kier alpha value is -1.85. The smallest absolute Gasteiger partial charge is 0.344 e. The molecule has 6 heteroatoms. The largest absolute Gasteiger partial charge is 0.449 e. The summed E-state index contributed by atoms with van der Waals surface area (Å²) in [4.78, 5) is 23.7. The summed E-state index contributed by atoms with van der Waals surface area (Å²) in [5.74, 6) is -0.564. The Morgan fingerprint density at radius 1 is 1.32 bits per heavy atom. The van der Waals surface area contributed by atoms with Crippen molar-refractivity contribution in [1.29, 1.82) is 0 Å². The standard InChI is InChI=1S/C13H20N2O4/c1-7-10(8(2)19-15-7)12(17)18-9(3)11(16)14-13(4,5)6/h9H,1-6H3,(H,14,16). The van der Waals surface area contributed by atoms with Gasteiger partial charge in [-0.15, -0.1) is 0 Å². The van der Waals surface area contributed by atoms with Crippen molar-refractivity contribution in [1.82, 2.24) is 10.5 Å². The van der Waals surface area contributed by atoms with Gasteiger partial charge in [0.2, 0.25) is 0 Å². The Morgan fingerprint density at radius 2 is 1.89 bits per heavy atom. The molecule has 19 heavy (non-hydrogen) atoms. The van der Waals surface area contributed by atoms with Gasteiger partial charge in [0, 0.05) is 5.54 Å². The summed E-state index contributed by atoms with van der Waals surface area (Å²) in [5, 5.41) is 6.42. The monoisotopic (exact) mass is 268 g/mol. The minimum atomic E-state index is -0.875. The summed E-state index contributed by atoms with van der Waals surface area (Å²) in [6, 6.07) is 0. The molecule has 0 aliphatic carbocycles. The van der Waals surface area contributed by atoms with E-state index in [2.05, 4.69) is 10.5 Å². The van der Waals surface area contributed by atoms with Crippen LogP contribution in [-0.2, 0) is 9.53 Å². The Kier molecular flexibility index (Phi) is 4.34. The van der Waals surface area contributed by atoms with Crippen molar-refractivity contribution in [3.05, 3.63) is 17.0 Å². The molecule has 0 saturated carbocycles. The fraction of sp³-hybridized carbons (Fsp3) is 0.615. The van der Waals surface area contributed by atoms with Gasteiger partial charge in [-0.25, -0.2) is 4.79 Å². The molecule has 0 radical (unpaired) electrons. The number of aryl methyl sites for hydroxylation is 2. The van der Waals surface area contributed by atoms with Crippen molar-refractivity contribution in [2.75, 3.05) is 0 Å². The molecule has 1 aromatic heterocycles. The van der Waals surface area contributed by atoms with Gasteiger partial charge in [-0.3, -0.25) is 4.79 Å². The molecule has 0 aliphatic rings. The summed E-state index contributed by atoms with van der Waals surface area (Å²) in [7, 11) is 0. The van der Waals surface area contributed by atoms with E-state index in [1.807, 2.05) is 20.8 Å². The number of hydrogen-bond acceptors (Lipinski definition) is 5. The quantitative estimate of drug-likeness (QED) is 0.845. The van der Waals surface area contributed by atoms with Crippen LogP contribution in [0.2, 0.25) is 0 Å². The van der Waals surface area contributed by atoms with Crippen LogP contribution in [0.5, 0.6) is 0 Å². The van der Waals surface area contributed by atoms with Crippen LogP contribution in [0, 0.1) is 13.8 Å². The van der Waals surface area contributed by atoms with Gasteiger partial charge in [0.1, 0.15) is 11.3 Å². The van der Waals surface area contributed by atoms with Gasteiger partial charge >= 0.3 is 5.97 Å². The van der Waals surface area contributed by atoms with E-state index in [-0.39, 0.29) is 17.0 Å². The first-order chi connectivity index (χ1) is 8.61. The molecule has 1 N–H and O–H groups in total. The average Bonchev–Trinajstić information content (AvgIpc) is 2.55. The lowest BCUT2D eigenvalue weighted by atomic mass is 10.1. The topological polar surface area (TPSA) is 81.4 Å². The van der Waals surface area contributed by atoms with Crippen LogP contribution in [0.25, 0.3) is 0 Å². The van der Waals surface area contributed by atoms with Crippen molar-refractivity contribution in [2.45, 2.75) is 53.2 Å². The number of esters is 1. The molecule has 1 amide bonds. The van der Waals surface area contributed by atoms with Gasteiger partial charge in [0.05, 0.1) is 5.69 Å². The van der Waals surface area contributed by atoms with E-state index in [1.54, 1.807) is 13.8 Å². The van der Waals surface area contributed by atoms with E-state index in [0.29, 0.717) is 11.5 Å². The molecule has 0 fully saturated rings. The maximum absolute atomic E-state index is 11.9. The molecule has 1 aromatic rings. The van der Waals surface area contributed by atoms with Crippen molar-refractivity contribution in [3.63, 3.8) is 0 Å². The predicted molar refractivity (Wildman–Crippen MR) is 68.8 cm³/mol. The molecule has 0 bridgehead atoms. The highest BCUT2D eigenvalue weighted by Gasteiger charge is 2.26. The second-order valence-electron chi connectivity index (χ2n) is 5.49.